The van der Waals surface area contributed by atoms with E-state index in [1.165, 1.54) is 10.2 Å². The third-order valence-corrected chi connectivity index (χ3v) is 3.86. The van der Waals surface area contributed by atoms with Crippen molar-refractivity contribution in [2.75, 3.05) is 11.4 Å². The van der Waals surface area contributed by atoms with E-state index in [0.717, 1.165) is 36.8 Å². The molecule has 1 aliphatic rings. The van der Waals surface area contributed by atoms with Crippen molar-refractivity contribution in [3.8, 4) is 0 Å². The molecule has 4 heterocycles. The quantitative estimate of drug-likeness (QED) is 0.697. The molecule has 0 unspecified atom stereocenters. The standard InChI is InChI=1S/C14H16N8/c1-9(2)14-15-7-10-5-6-21(8-11(10)16-14)13-4-3-12-17-19-20-22(12)18-13/h3-4,7,9H,5-6,8H2,1-2H3. The van der Waals surface area contributed by atoms with Gasteiger partial charge in [-0.25, -0.2) is 9.97 Å². The third kappa shape index (κ3) is 2.16. The second-order valence-electron chi connectivity index (χ2n) is 5.74. The normalized spacial score (nSPS) is 14.6. The Morgan fingerprint density at radius 3 is 3.00 bits per heavy atom. The van der Waals surface area contributed by atoms with Gasteiger partial charge in [-0.1, -0.05) is 13.8 Å². The van der Waals surface area contributed by atoms with Crippen molar-refractivity contribution in [1.82, 2.24) is 35.2 Å². The summed E-state index contributed by atoms with van der Waals surface area (Å²) in [5.41, 5.74) is 2.96. The van der Waals surface area contributed by atoms with E-state index in [0.29, 0.717) is 11.6 Å². The summed E-state index contributed by atoms with van der Waals surface area (Å²) < 4.78 is 1.45. The van der Waals surface area contributed by atoms with Gasteiger partial charge in [-0.2, -0.15) is 0 Å². The predicted octanol–water partition coefficient (Wildman–Crippen LogP) is 0.995. The second-order valence-corrected chi connectivity index (χ2v) is 5.74. The summed E-state index contributed by atoms with van der Waals surface area (Å²) in [6.07, 6.45) is 2.88. The highest BCUT2D eigenvalue weighted by Gasteiger charge is 2.20. The van der Waals surface area contributed by atoms with Gasteiger partial charge in [-0.15, -0.1) is 14.8 Å². The maximum Gasteiger partial charge on any atom is 0.200 e. The minimum atomic E-state index is 0.330. The number of hydrogen-bond acceptors (Lipinski definition) is 7. The first-order chi connectivity index (χ1) is 10.7. The van der Waals surface area contributed by atoms with E-state index in [9.17, 15) is 0 Å². The van der Waals surface area contributed by atoms with Crippen LogP contribution in [0.3, 0.4) is 0 Å². The number of hydrogen-bond donors (Lipinski definition) is 0. The van der Waals surface area contributed by atoms with E-state index < -0.39 is 0 Å². The molecule has 0 saturated heterocycles. The Hall–Kier alpha value is -2.64. The fraction of sp³-hybridized carbons (Fsp3) is 0.429. The first-order valence-electron chi connectivity index (χ1n) is 7.36. The summed E-state index contributed by atoms with van der Waals surface area (Å²) in [7, 11) is 0. The van der Waals surface area contributed by atoms with Crippen molar-refractivity contribution in [3.63, 3.8) is 0 Å². The van der Waals surface area contributed by atoms with E-state index in [1.54, 1.807) is 0 Å². The Morgan fingerprint density at radius 1 is 1.23 bits per heavy atom. The van der Waals surface area contributed by atoms with Gasteiger partial charge in [0.05, 0.1) is 12.2 Å². The average Bonchev–Trinajstić information content (AvgIpc) is 3.01. The predicted molar refractivity (Wildman–Crippen MR) is 79.5 cm³/mol. The first-order valence-corrected chi connectivity index (χ1v) is 7.36. The summed E-state index contributed by atoms with van der Waals surface area (Å²) in [6.45, 7) is 5.83. The van der Waals surface area contributed by atoms with E-state index in [4.69, 9.17) is 4.98 Å². The van der Waals surface area contributed by atoms with E-state index in [2.05, 4.69) is 44.4 Å². The number of anilines is 1. The van der Waals surface area contributed by atoms with Crippen LogP contribution in [0.2, 0.25) is 0 Å². The fourth-order valence-electron chi connectivity index (χ4n) is 2.60. The Bertz CT molecular complexity index is 825. The summed E-state index contributed by atoms with van der Waals surface area (Å²) in [6, 6.07) is 3.82. The molecule has 0 atom stereocenters. The fourth-order valence-corrected chi connectivity index (χ4v) is 2.60. The van der Waals surface area contributed by atoms with Gasteiger partial charge >= 0.3 is 0 Å². The molecular formula is C14H16N8. The Morgan fingerprint density at radius 2 is 2.14 bits per heavy atom. The largest absolute Gasteiger partial charge is 0.349 e. The molecule has 8 heteroatoms. The second kappa shape index (κ2) is 4.97. The van der Waals surface area contributed by atoms with E-state index in [-0.39, 0.29) is 0 Å². The molecule has 8 nitrogen and oxygen atoms in total. The van der Waals surface area contributed by atoms with Crippen molar-refractivity contribution in [2.45, 2.75) is 32.7 Å². The lowest BCUT2D eigenvalue weighted by Crippen LogP contribution is -2.32. The van der Waals surface area contributed by atoms with Crippen LogP contribution in [0.25, 0.3) is 5.65 Å². The molecule has 112 valence electrons. The molecule has 22 heavy (non-hydrogen) atoms. The monoisotopic (exact) mass is 296 g/mol. The van der Waals surface area contributed by atoms with Gasteiger partial charge in [0.1, 0.15) is 5.82 Å². The van der Waals surface area contributed by atoms with Crippen LogP contribution < -0.4 is 4.90 Å². The van der Waals surface area contributed by atoms with Crippen LogP contribution >= 0.6 is 0 Å². The highest BCUT2D eigenvalue weighted by Crippen LogP contribution is 2.22. The minimum absolute atomic E-state index is 0.330. The number of rotatable bonds is 2. The molecule has 0 radical (unpaired) electrons. The van der Waals surface area contributed by atoms with Crippen LogP contribution in [0.4, 0.5) is 5.82 Å². The molecule has 4 rings (SSSR count). The number of fused-ring (bicyclic) bond motifs is 2. The topological polar surface area (TPSA) is 85.0 Å². The summed E-state index contributed by atoms with van der Waals surface area (Å²) >= 11 is 0. The lowest BCUT2D eigenvalue weighted by Gasteiger charge is -2.28. The van der Waals surface area contributed by atoms with Crippen LogP contribution in [0, 0.1) is 0 Å². The Balaban J connectivity index is 1.66. The van der Waals surface area contributed by atoms with Gasteiger partial charge in [-0.3, -0.25) is 0 Å². The van der Waals surface area contributed by atoms with Gasteiger partial charge in [0.15, 0.2) is 11.5 Å². The minimum Gasteiger partial charge on any atom is -0.349 e. The summed E-state index contributed by atoms with van der Waals surface area (Å²) in [5.74, 6) is 2.08. The maximum atomic E-state index is 4.71. The van der Waals surface area contributed by atoms with Gasteiger partial charge in [0.2, 0.25) is 0 Å². The molecule has 3 aromatic heterocycles. The van der Waals surface area contributed by atoms with Gasteiger partial charge in [0.25, 0.3) is 0 Å². The maximum absolute atomic E-state index is 4.71. The van der Waals surface area contributed by atoms with Crippen molar-refractivity contribution < 1.29 is 0 Å². The van der Waals surface area contributed by atoms with Crippen LogP contribution in [-0.2, 0) is 13.0 Å². The molecule has 0 bridgehead atoms. The highest BCUT2D eigenvalue weighted by molar-refractivity contribution is 5.46. The van der Waals surface area contributed by atoms with Crippen LogP contribution in [0.15, 0.2) is 18.3 Å². The van der Waals surface area contributed by atoms with Crippen LogP contribution in [0.1, 0.15) is 36.8 Å². The molecule has 0 aliphatic carbocycles. The van der Waals surface area contributed by atoms with Crippen molar-refractivity contribution >= 4 is 11.5 Å². The molecule has 0 aromatic carbocycles. The van der Waals surface area contributed by atoms with Gasteiger partial charge < -0.3 is 4.90 Å². The van der Waals surface area contributed by atoms with Crippen LogP contribution in [0.5, 0.6) is 0 Å². The molecule has 0 spiro atoms. The SMILES string of the molecule is CC(C)c1ncc2c(n1)CN(c1ccc3nnnn3n1)CC2. The molecular weight excluding hydrogens is 280 g/mol. The summed E-state index contributed by atoms with van der Waals surface area (Å²) in [5, 5.41) is 15.8. The molecule has 0 fully saturated rings. The van der Waals surface area contributed by atoms with Gasteiger partial charge in [0, 0.05) is 18.7 Å². The summed E-state index contributed by atoms with van der Waals surface area (Å²) in [4.78, 5) is 11.4. The zero-order chi connectivity index (χ0) is 15.1. The lowest BCUT2D eigenvalue weighted by atomic mass is 10.1. The number of aromatic nitrogens is 7. The molecule has 0 N–H and O–H groups in total. The Kier molecular flexibility index (Phi) is 2.95. The first kappa shape index (κ1) is 13.1. The molecule has 0 amide bonds. The smallest absolute Gasteiger partial charge is 0.200 e. The zero-order valence-electron chi connectivity index (χ0n) is 12.5. The molecule has 0 saturated carbocycles. The van der Waals surface area contributed by atoms with Crippen molar-refractivity contribution in [1.29, 1.82) is 0 Å². The van der Waals surface area contributed by atoms with E-state index >= 15 is 0 Å². The zero-order valence-corrected chi connectivity index (χ0v) is 12.5. The van der Waals surface area contributed by atoms with Crippen molar-refractivity contribution in [2.24, 2.45) is 0 Å². The number of nitrogens with zero attached hydrogens (tertiary/aromatic N) is 8. The van der Waals surface area contributed by atoms with E-state index in [1.807, 2.05) is 18.3 Å². The van der Waals surface area contributed by atoms with Crippen molar-refractivity contribution in [3.05, 3.63) is 35.4 Å². The van der Waals surface area contributed by atoms with Gasteiger partial charge in [-0.05, 0) is 34.5 Å². The Labute approximate surface area is 127 Å². The lowest BCUT2D eigenvalue weighted by molar-refractivity contribution is 0.651. The molecule has 1 aliphatic heterocycles. The molecule has 3 aromatic rings. The number of tetrazole rings is 1. The third-order valence-electron chi connectivity index (χ3n) is 3.86. The van der Waals surface area contributed by atoms with Crippen LogP contribution in [-0.4, -0.2) is 41.8 Å². The average molecular weight is 296 g/mol. The highest BCUT2D eigenvalue weighted by atomic mass is 15.6.